The molecular weight excluding hydrogens is 325 g/mol. The number of ether oxygens (including phenoxy) is 1. The first-order valence-corrected chi connectivity index (χ1v) is 7.07. The zero-order chi connectivity index (χ0) is 14.5. The van der Waals surface area contributed by atoms with Gasteiger partial charge < -0.3 is 10.5 Å². The molecule has 0 fully saturated rings. The Bertz CT molecular complexity index is 577. The molecule has 0 aliphatic heterocycles. The molecule has 4 nitrogen and oxygen atoms in total. The van der Waals surface area contributed by atoms with Gasteiger partial charge in [0.25, 0.3) is 0 Å². The minimum atomic E-state index is -0.381. The summed E-state index contributed by atoms with van der Waals surface area (Å²) in [7, 11) is 0. The Balaban J connectivity index is 2.09. The van der Waals surface area contributed by atoms with Gasteiger partial charge in [-0.1, -0.05) is 6.92 Å². The molecule has 2 N–H and O–H groups in total. The van der Waals surface area contributed by atoms with Gasteiger partial charge in [-0.05, 0) is 46.5 Å². The van der Waals surface area contributed by atoms with Crippen LogP contribution in [-0.2, 0) is 6.42 Å². The molecule has 0 radical (unpaired) electrons. The molecule has 1 aromatic carbocycles. The van der Waals surface area contributed by atoms with E-state index in [4.69, 9.17) is 10.5 Å². The Labute approximate surface area is 125 Å². The van der Waals surface area contributed by atoms with Crippen molar-refractivity contribution in [2.45, 2.75) is 25.8 Å². The standard InChI is InChI=1S/C14H15BrFN3O/c1-2-11(17)5-9-7-18-14(19-8-9)20-13-6-10(16)3-4-12(13)15/h3-4,6-8,11H,2,5,17H2,1H3. The van der Waals surface area contributed by atoms with E-state index in [0.29, 0.717) is 10.2 Å². The molecule has 2 rings (SSSR count). The molecule has 0 aliphatic rings. The van der Waals surface area contributed by atoms with Crippen LogP contribution in [0, 0.1) is 5.82 Å². The lowest BCUT2D eigenvalue weighted by Gasteiger charge is -2.09. The van der Waals surface area contributed by atoms with Crippen LogP contribution >= 0.6 is 15.9 Å². The van der Waals surface area contributed by atoms with E-state index in [0.717, 1.165) is 18.4 Å². The van der Waals surface area contributed by atoms with Gasteiger partial charge in [0, 0.05) is 24.5 Å². The topological polar surface area (TPSA) is 61.0 Å². The van der Waals surface area contributed by atoms with Crippen molar-refractivity contribution in [2.24, 2.45) is 5.73 Å². The number of hydrogen-bond acceptors (Lipinski definition) is 4. The van der Waals surface area contributed by atoms with E-state index in [9.17, 15) is 4.39 Å². The van der Waals surface area contributed by atoms with Crippen LogP contribution in [0.2, 0.25) is 0 Å². The van der Waals surface area contributed by atoms with Gasteiger partial charge in [-0.2, -0.15) is 0 Å². The number of rotatable bonds is 5. The van der Waals surface area contributed by atoms with Gasteiger partial charge in [-0.25, -0.2) is 14.4 Å². The molecular formula is C14H15BrFN3O. The second-order valence-corrected chi connectivity index (χ2v) is 5.28. The Morgan fingerprint density at radius 3 is 2.70 bits per heavy atom. The highest BCUT2D eigenvalue weighted by atomic mass is 79.9. The lowest BCUT2D eigenvalue weighted by molar-refractivity contribution is 0.434. The molecule has 0 saturated heterocycles. The molecule has 1 aromatic heterocycles. The fourth-order valence-electron chi connectivity index (χ4n) is 1.60. The van der Waals surface area contributed by atoms with Crippen molar-refractivity contribution in [3.05, 3.63) is 46.4 Å². The van der Waals surface area contributed by atoms with Gasteiger partial charge in [-0.3, -0.25) is 0 Å². The molecule has 1 atom stereocenters. The molecule has 6 heteroatoms. The molecule has 1 unspecified atom stereocenters. The minimum absolute atomic E-state index is 0.0998. The van der Waals surface area contributed by atoms with Crippen molar-refractivity contribution in [3.63, 3.8) is 0 Å². The number of aromatic nitrogens is 2. The van der Waals surface area contributed by atoms with Gasteiger partial charge in [0.05, 0.1) is 4.47 Å². The first-order chi connectivity index (χ1) is 9.58. The van der Waals surface area contributed by atoms with Crippen LogP contribution in [0.25, 0.3) is 0 Å². The minimum Gasteiger partial charge on any atom is -0.423 e. The normalized spacial score (nSPS) is 12.2. The van der Waals surface area contributed by atoms with E-state index in [1.54, 1.807) is 18.5 Å². The third-order valence-electron chi connectivity index (χ3n) is 2.80. The molecule has 0 amide bonds. The smallest absolute Gasteiger partial charge is 0.321 e. The first kappa shape index (κ1) is 14.9. The summed E-state index contributed by atoms with van der Waals surface area (Å²) in [6.07, 6.45) is 4.96. The fourth-order valence-corrected chi connectivity index (χ4v) is 1.93. The first-order valence-electron chi connectivity index (χ1n) is 6.28. The molecule has 0 aliphatic carbocycles. The van der Waals surface area contributed by atoms with Crippen molar-refractivity contribution < 1.29 is 9.13 Å². The molecule has 1 heterocycles. The van der Waals surface area contributed by atoms with Crippen LogP contribution in [0.3, 0.4) is 0 Å². The molecule has 106 valence electrons. The second kappa shape index (κ2) is 6.76. The van der Waals surface area contributed by atoms with Crippen LogP contribution in [0.5, 0.6) is 11.8 Å². The van der Waals surface area contributed by atoms with E-state index in [2.05, 4.69) is 25.9 Å². The maximum Gasteiger partial charge on any atom is 0.321 e. The van der Waals surface area contributed by atoms with E-state index < -0.39 is 0 Å². The highest BCUT2D eigenvalue weighted by Crippen LogP contribution is 2.28. The van der Waals surface area contributed by atoms with Crippen LogP contribution in [0.4, 0.5) is 4.39 Å². The van der Waals surface area contributed by atoms with E-state index in [1.807, 2.05) is 6.92 Å². The van der Waals surface area contributed by atoms with E-state index in [1.165, 1.54) is 12.1 Å². The highest BCUT2D eigenvalue weighted by molar-refractivity contribution is 9.10. The molecule has 0 bridgehead atoms. The van der Waals surface area contributed by atoms with E-state index >= 15 is 0 Å². The zero-order valence-electron chi connectivity index (χ0n) is 11.0. The number of benzene rings is 1. The summed E-state index contributed by atoms with van der Waals surface area (Å²) in [6.45, 7) is 2.03. The third-order valence-corrected chi connectivity index (χ3v) is 3.45. The van der Waals surface area contributed by atoms with Crippen molar-refractivity contribution in [1.82, 2.24) is 9.97 Å². The van der Waals surface area contributed by atoms with Crippen molar-refractivity contribution >= 4 is 15.9 Å². The number of halogens is 2. The van der Waals surface area contributed by atoms with E-state index in [-0.39, 0.29) is 17.9 Å². The zero-order valence-corrected chi connectivity index (χ0v) is 12.6. The number of hydrogen-bond donors (Lipinski definition) is 1. The van der Waals surface area contributed by atoms with Gasteiger partial charge in [0.1, 0.15) is 11.6 Å². The predicted octanol–water partition coefficient (Wildman–Crippen LogP) is 3.45. The fraction of sp³-hybridized carbons (Fsp3) is 0.286. The quantitative estimate of drug-likeness (QED) is 0.906. The lowest BCUT2D eigenvalue weighted by atomic mass is 10.1. The summed E-state index contributed by atoms with van der Waals surface area (Å²) in [5, 5.41) is 0. The number of nitrogens with zero attached hydrogens (tertiary/aromatic N) is 2. The largest absolute Gasteiger partial charge is 0.423 e. The van der Waals surface area contributed by atoms with Gasteiger partial charge in [0.15, 0.2) is 0 Å². The van der Waals surface area contributed by atoms with Crippen LogP contribution < -0.4 is 10.5 Å². The highest BCUT2D eigenvalue weighted by Gasteiger charge is 2.07. The maximum atomic E-state index is 13.1. The molecule has 2 aromatic rings. The second-order valence-electron chi connectivity index (χ2n) is 4.42. The summed E-state index contributed by atoms with van der Waals surface area (Å²) < 4.78 is 19.2. The monoisotopic (exact) mass is 339 g/mol. The third kappa shape index (κ3) is 3.98. The maximum absolute atomic E-state index is 13.1. The van der Waals surface area contributed by atoms with Gasteiger partial charge in [-0.15, -0.1) is 0 Å². The number of nitrogens with two attached hydrogens (primary N) is 1. The summed E-state index contributed by atoms with van der Waals surface area (Å²) in [6, 6.07) is 4.45. The SMILES string of the molecule is CCC(N)Cc1cnc(Oc2cc(F)ccc2Br)nc1. The van der Waals surface area contributed by atoms with Crippen LogP contribution in [0.1, 0.15) is 18.9 Å². The Morgan fingerprint density at radius 2 is 2.05 bits per heavy atom. The summed E-state index contributed by atoms with van der Waals surface area (Å²) in [5.41, 5.74) is 6.82. The molecule has 0 saturated carbocycles. The van der Waals surface area contributed by atoms with Crippen LogP contribution in [0.15, 0.2) is 35.1 Å². The average molecular weight is 340 g/mol. The summed E-state index contributed by atoms with van der Waals surface area (Å²) >= 11 is 3.28. The Kier molecular flexibility index (Phi) is 5.03. The average Bonchev–Trinajstić information content (AvgIpc) is 2.45. The lowest BCUT2D eigenvalue weighted by Crippen LogP contribution is -2.21. The summed E-state index contributed by atoms with van der Waals surface area (Å²) in [5.74, 6) is -0.0447. The summed E-state index contributed by atoms with van der Waals surface area (Å²) in [4.78, 5) is 8.20. The Morgan fingerprint density at radius 1 is 1.35 bits per heavy atom. The Hall–Kier alpha value is -1.53. The predicted molar refractivity (Wildman–Crippen MR) is 78.2 cm³/mol. The van der Waals surface area contributed by atoms with Crippen molar-refractivity contribution in [3.8, 4) is 11.8 Å². The van der Waals surface area contributed by atoms with Crippen LogP contribution in [-0.4, -0.2) is 16.0 Å². The van der Waals surface area contributed by atoms with Crippen molar-refractivity contribution in [1.29, 1.82) is 0 Å². The molecule has 0 spiro atoms. The van der Waals surface area contributed by atoms with Crippen molar-refractivity contribution in [2.75, 3.05) is 0 Å². The van der Waals surface area contributed by atoms with Gasteiger partial charge in [0.2, 0.25) is 0 Å². The molecule has 20 heavy (non-hydrogen) atoms. The van der Waals surface area contributed by atoms with Gasteiger partial charge >= 0.3 is 6.01 Å².